The van der Waals surface area contributed by atoms with Crippen LogP contribution >= 0.6 is 0 Å². The highest BCUT2D eigenvalue weighted by Gasteiger charge is 2.30. The highest BCUT2D eigenvalue weighted by molar-refractivity contribution is 5.94. The van der Waals surface area contributed by atoms with Crippen LogP contribution in [-0.4, -0.2) is 19.6 Å². The Morgan fingerprint density at radius 2 is 1.92 bits per heavy atom. The van der Waals surface area contributed by atoms with Crippen molar-refractivity contribution in [2.24, 2.45) is 0 Å². The monoisotopic (exact) mass is 337 g/mol. The highest BCUT2D eigenvalue weighted by atomic mass is 19.4. The summed E-state index contributed by atoms with van der Waals surface area (Å²) in [5, 5.41) is 2.64. The normalized spacial score (nSPS) is 11.2. The minimum Gasteiger partial charge on any atom is -0.496 e. The van der Waals surface area contributed by atoms with E-state index in [-0.39, 0.29) is 5.56 Å². The molecule has 24 heavy (non-hydrogen) atoms. The van der Waals surface area contributed by atoms with E-state index in [1.807, 2.05) is 25.1 Å². The number of rotatable bonds is 5. The summed E-state index contributed by atoms with van der Waals surface area (Å²) in [5.74, 6) is 0.182. The quantitative estimate of drug-likeness (QED) is 0.896. The lowest BCUT2D eigenvalue weighted by molar-refractivity contribution is -0.137. The van der Waals surface area contributed by atoms with Crippen molar-refractivity contribution in [3.8, 4) is 5.75 Å². The predicted molar refractivity (Wildman–Crippen MR) is 85.2 cm³/mol. The molecule has 0 radical (unpaired) electrons. The minimum absolute atomic E-state index is 0.0129. The number of halogens is 3. The van der Waals surface area contributed by atoms with Gasteiger partial charge in [-0.05, 0) is 43.2 Å². The van der Waals surface area contributed by atoms with Crippen LogP contribution in [0.1, 0.15) is 27.0 Å². The molecule has 0 heterocycles. The van der Waals surface area contributed by atoms with Crippen LogP contribution in [0.5, 0.6) is 5.75 Å². The van der Waals surface area contributed by atoms with Crippen LogP contribution in [-0.2, 0) is 12.6 Å². The lowest BCUT2D eigenvalue weighted by Crippen LogP contribution is -2.26. The second-order valence-corrected chi connectivity index (χ2v) is 5.40. The topological polar surface area (TPSA) is 38.3 Å². The Morgan fingerprint density at radius 3 is 2.58 bits per heavy atom. The molecule has 0 fully saturated rings. The van der Waals surface area contributed by atoms with Gasteiger partial charge in [0.25, 0.3) is 5.91 Å². The molecule has 0 aliphatic heterocycles. The van der Waals surface area contributed by atoms with Gasteiger partial charge >= 0.3 is 6.18 Å². The van der Waals surface area contributed by atoms with Gasteiger partial charge in [-0.15, -0.1) is 0 Å². The zero-order valence-corrected chi connectivity index (χ0v) is 13.4. The molecular formula is C18H18F3NO2. The Bertz CT molecular complexity index is 726. The number of methoxy groups -OCH3 is 1. The number of aryl methyl sites for hydroxylation is 1. The van der Waals surface area contributed by atoms with Crippen LogP contribution in [0, 0.1) is 6.92 Å². The van der Waals surface area contributed by atoms with Gasteiger partial charge in [0.15, 0.2) is 0 Å². The zero-order chi connectivity index (χ0) is 17.7. The fourth-order valence-corrected chi connectivity index (χ4v) is 2.35. The highest BCUT2D eigenvalue weighted by Crippen LogP contribution is 2.29. The molecule has 0 bridgehead atoms. The summed E-state index contributed by atoms with van der Waals surface area (Å²) in [6.07, 6.45) is -3.94. The van der Waals surface area contributed by atoms with Crippen LogP contribution in [0.4, 0.5) is 13.2 Å². The van der Waals surface area contributed by atoms with Crippen molar-refractivity contribution in [1.29, 1.82) is 0 Å². The molecule has 0 saturated carbocycles. The third kappa shape index (κ3) is 4.50. The van der Waals surface area contributed by atoms with Crippen LogP contribution < -0.4 is 10.1 Å². The lowest BCUT2D eigenvalue weighted by atomic mass is 10.1. The molecule has 0 spiro atoms. The third-order valence-electron chi connectivity index (χ3n) is 3.57. The molecule has 2 aromatic rings. The van der Waals surface area contributed by atoms with Gasteiger partial charge < -0.3 is 10.1 Å². The number of nitrogens with one attached hydrogen (secondary N) is 1. The van der Waals surface area contributed by atoms with Gasteiger partial charge in [-0.3, -0.25) is 4.79 Å². The van der Waals surface area contributed by atoms with Gasteiger partial charge in [-0.25, -0.2) is 0 Å². The van der Waals surface area contributed by atoms with Crippen molar-refractivity contribution < 1.29 is 22.7 Å². The number of ether oxygens (including phenoxy) is 1. The van der Waals surface area contributed by atoms with E-state index in [0.29, 0.717) is 18.7 Å². The number of carbonyl (C=O) groups is 1. The average Bonchev–Trinajstić information content (AvgIpc) is 2.54. The van der Waals surface area contributed by atoms with Gasteiger partial charge in [-0.1, -0.05) is 23.8 Å². The Kier molecular flexibility index (Phi) is 5.49. The van der Waals surface area contributed by atoms with E-state index >= 15 is 0 Å². The van der Waals surface area contributed by atoms with E-state index in [0.717, 1.165) is 23.3 Å². The summed E-state index contributed by atoms with van der Waals surface area (Å²) in [6.45, 7) is 2.25. The molecule has 0 atom stereocenters. The second kappa shape index (κ2) is 7.38. The fourth-order valence-electron chi connectivity index (χ4n) is 2.35. The van der Waals surface area contributed by atoms with E-state index in [1.54, 1.807) is 7.11 Å². The van der Waals surface area contributed by atoms with E-state index in [2.05, 4.69) is 5.32 Å². The van der Waals surface area contributed by atoms with Crippen molar-refractivity contribution in [3.63, 3.8) is 0 Å². The maximum absolute atomic E-state index is 12.7. The van der Waals surface area contributed by atoms with Crippen LogP contribution in [0.25, 0.3) is 0 Å². The molecule has 6 heteroatoms. The summed E-state index contributed by atoms with van der Waals surface area (Å²) < 4.78 is 43.3. The summed E-state index contributed by atoms with van der Waals surface area (Å²) in [5.41, 5.74) is 1.15. The van der Waals surface area contributed by atoms with E-state index in [1.165, 1.54) is 12.1 Å². The van der Waals surface area contributed by atoms with E-state index < -0.39 is 17.6 Å². The first-order valence-electron chi connectivity index (χ1n) is 7.40. The van der Waals surface area contributed by atoms with Crippen molar-refractivity contribution in [2.45, 2.75) is 19.5 Å². The van der Waals surface area contributed by atoms with Gasteiger partial charge in [0.1, 0.15) is 5.75 Å². The van der Waals surface area contributed by atoms with Gasteiger partial charge in [0, 0.05) is 12.1 Å². The minimum atomic E-state index is -4.47. The molecule has 2 aromatic carbocycles. The summed E-state index contributed by atoms with van der Waals surface area (Å²) in [6, 6.07) is 10.1. The second-order valence-electron chi connectivity index (χ2n) is 5.40. The molecule has 2 rings (SSSR count). The smallest absolute Gasteiger partial charge is 0.416 e. The number of amides is 1. The number of alkyl halides is 3. The number of benzene rings is 2. The number of carbonyl (C=O) groups excluding carboxylic acids is 1. The standard InChI is InChI=1S/C18H18F3NO2/c1-12-6-7-16(24-2)13(10-12)8-9-22-17(23)14-4-3-5-15(11-14)18(19,20)21/h3-7,10-11H,8-9H2,1-2H3,(H,22,23). The first kappa shape index (κ1) is 17.8. The van der Waals surface area contributed by atoms with Crippen LogP contribution in [0.2, 0.25) is 0 Å². The molecule has 0 aliphatic rings. The van der Waals surface area contributed by atoms with Crippen molar-refractivity contribution in [3.05, 3.63) is 64.7 Å². The Hall–Kier alpha value is -2.50. The van der Waals surface area contributed by atoms with E-state index in [4.69, 9.17) is 4.74 Å². The van der Waals surface area contributed by atoms with Gasteiger partial charge in [0.05, 0.1) is 12.7 Å². The predicted octanol–water partition coefficient (Wildman–Crippen LogP) is 3.99. The van der Waals surface area contributed by atoms with E-state index in [9.17, 15) is 18.0 Å². The van der Waals surface area contributed by atoms with Gasteiger partial charge in [0.2, 0.25) is 0 Å². The molecule has 0 unspecified atom stereocenters. The summed E-state index contributed by atoms with van der Waals surface area (Å²) in [7, 11) is 1.56. The zero-order valence-electron chi connectivity index (χ0n) is 13.4. The molecule has 0 aliphatic carbocycles. The Labute approximate surface area is 138 Å². The summed E-state index contributed by atoms with van der Waals surface area (Å²) >= 11 is 0. The third-order valence-corrected chi connectivity index (χ3v) is 3.57. The molecule has 0 aromatic heterocycles. The molecule has 1 amide bonds. The molecule has 3 nitrogen and oxygen atoms in total. The first-order valence-corrected chi connectivity index (χ1v) is 7.40. The van der Waals surface area contributed by atoms with Crippen molar-refractivity contribution >= 4 is 5.91 Å². The molecule has 128 valence electrons. The van der Waals surface area contributed by atoms with Crippen LogP contribution in [0.15, 0.2) is 42.5 Å². The Morgan fingerprint density at radius 1 is 1.17 bits per heavy atom. The van der Waals surface area contributed by atoms with Crippen LogP contribution in [0.3, 0.4) is 0 Å². The molecule has 1 N–H and O–H groups in total. The Balaban J connectivity index is 2.00. The number of hydrogen-bond acceptors (Lipinski definition) is 2. The molecule has 0 saturated heterocycles. The van der Waals surface area contributed by atoms with Gasteiger partial charge in [-0.2, -0.15) is 13.2 Å². The van der Waals surface area contributed by atoms with Crippen molar-refractivity contribution in [2.75, 3.05) is 13.7 Å². The number of hydrogen-bond donors (Lipinski definition) is 1. The first-order chi connectivity index (χ1) is 11.3. The fraction of sp³-hybridized carbons (Fsp3) is 0.278. The largest absolute Gasteiger partial charge is 0.496 e. The maximum Gasteiger partial charge on any atom is 0.416 e. The lowest BCUT2D eigenvalue weighted by Gasteiger charge is -2.11. The molecular weight excluding hydrogens is 319 g/mol. The van der Waals surface area contributed by atoms with Crippen molar-refractivity contribution in [1.82, 2.24) is 5.32 Å². The summed E-state index contributed by atoms with van der Waals surface area (Å²) in [4.78, 5) is 12.0. The maximum atomic E-state index is 12.7. The average molecular weight is 337 g/mol. The SMILES string of the molecule is COc1ccc(C)cc1CCNC(=O)c1cccc(C(F)(F)F)c1.